The first-order chi connectivity index (χ1) is 7.03. The fourth-order valence-corrected chi connectivity index (χ4v) is 1.97. The van der Waals surface area contributed by atoms with Crippen LogP contribution in [0.2, 0.25) is 0 Å². The summed E-state index contributed by atoms with van der Waals surface area (Å²) < 4.78 is 35.2. The molecule has 1 aromatic rings. The van der Waals surface area contributed by atoms with Crippen molar-refractivity contribution in [3.63, 3.8) is 0 Å². The van der Waals surface area contributed by atoms with Gasteiger partial charge in [0.1, 0.15) is 5.82 Å². The zero-order valence-electron chi connectivity index (χ0n) is 8.23. The molecule has 4 nitrogen and oxygen atoms in total. The van der Waals surface area contributed by atoms with Crippen molar-refractivity contribution in [3.05, 3.63) is 35.6 Å². The van der Waals surface area contributed by atoms with Crippen molar-refractivity contribution in [2.24, 2.45) is 0 Å². The first kappa shape index (κ1) is 12.1. The third kappa shape index (κ3) is 4.37. The summed E-state index contributed by atoms with van der Waals surface area (Å²) in [5, 5.41) is 0. The van der Waals surface area contributed by atoms with E-state index in [2.05, 4.69) is 4.84 Å². The topological polar surface area (TPSA) is 55.4 Å². The van der Waals surface area contributed by atoms with Gasteiger partial charge in [0.15, 0.2) is 0 Å². The van der Waals surface area contributed by atoms with Crippen LogP contribution in [-0.2, 0) is 20.6 Å². The molecule has 0 aromatic heterocycles. The van der Waals surface area contributed by atoms with Gasteiger partial charge in [0.2, 0.25) is 10.0 Å². The molecule has 84 valence electrons. The second kappa shape index (κ2) is 5.20. The lowest BCUT2D eigenvalue weighted by Gasteiger charge is -2.05. The van der Waals surface area contributed by atoms with Gasteiger partial charge in [0.05, 0.1) is 12.4 Å². The Bertz CT molecular complexity index is 402. The lowest BCUT2D eigenvalue weighted by Crippen LogP contribution is -2.25. The van der Waals surface area contributed by atoms with E-state index in [1.54, 1.807) is 6.92 Å². The molecule has 1 N–H and O–H groups in total. The number of nitrogens with one attached hydrogen (secondary N) is 1. The van der Waals surface area contributed by atoms with Crippen molar-refractivity contribution in [1.29, 1.82) is 0 Å². The van der Waals surface area contributed by atoms with Gasteiger partial charge in [-0.2, -0.15) is 0 Å². The largest absolute Gasteiger partial charge is 0.287 e. The highest BCUT2D eigenvalue weighted by molar-refractivity contribution is 7.88. The van der Waals surface area contributed by atoms with Crippen LogP contribution < -0.4 is 4.89 Å². The van der Waals surface area contributed by atoms with E-state index in [0.717, 1.165) is 0 Å². The first-order valence-corrected chi connectivity index (χ1v) is 6.04. The molecule has 0 aliphatic rings. The van der Waals surface area contributed by atoms with Crippen LogP contribution in [0.15, 0.2) is 24.3 Å². The number of halogens is 1. The maximum atomic E-state index is 12.5. The zero-order valence-corrected chi connectivity index (χ0v) is 9.05. The molecule has 0 aliphatic carbocycles. The molecule has 0 unspecified atom stereocenters. The third-order valence-electron chi connectivity index (χ3n) is 1.60. The molecule has 0 fully saturated rings. The van der Waals surface area contributed by atoms with Crippen LogP contribution in [-0.4, -0.2) is 15.0 Å². The van der Waals surface area contributed by atoms with Gasteiger partial charge in [0, 0.05) is 0 Å². The maximum absolute atomic E-state index is 12.5. The van der Waals surface area contributed by atoms with E-state index in [-0.39, 0.29) is 12.4 Å². The molecule has 0 bridgehead atoms. The Morgan fingerprint density at radius 1 is 1.33 bits per heavy atom. The zero-order chi connectivity index (χ0) is 11.3. The summed E-state index contributed by atoms with van der Waals surface area (Å²) in [4.78, 5) is 6.53. The fourth-order valence-electron chi connectivity index (χ4n) is 0.978. The van der Waals surface area contributed by atoms with Crippen molar-refractivity contribution >= 4 is 10.0 Å². The van der Waals surface area contributed by atoms with E-state index in [1.807, 2.05) is 4.89 Å². The van der Waals surface area contributed by atoms with Gasteiger partial charge < -0.3 is 0 Å². The smallest absolute Gasteiger partial charge is 0.237 e. The van der Waals surface area contributed by atoms with Gasteiger partial charge >= 0.3 is 0 Å². The number of sulfonamides is 1. The molecule has 0 amide bonds. The van der Waals surface area contributed by atoms with E-state index in [9.17, 15) is 12.8 Å². The minimum Gasteiger partial charge on any atom is -0.287 e. The molecule has 1 rings (SSSR count). The summed E-state index contributed by atoms with van der Waals surface area (Å²) in [6.07, 6.45) is 0. The predicted octanol–water partition coefficient (Wildman–Crippen LogP) is 1.20. The number of hydrogen-bond acceptors (Lipinski definition) is 3. The number of benzene rings is 1. The fraction of sp³-hybridized carbons (Fsp3) is 0.333. The van der Waals surface area contributed by atoms with Gasteiger partial charge in [-0.05, 0) is 24.6 Å². The molecule has 0 atom stereocenters. The monoisotopic (exact) mass is 233 g/mol. The summed E-state index contributed by atoms with van der Waals surface area (Å²) in [6, 6.07) is 5.26. The summed E-state index contributed by atoms with van der Waals surface area (Å²) >= 11 is 0. The van der Waals surface area contributed by atoms with E-state index < -0.39 is 15.8 Å². The Labute approximate surface area is 88.1 Å². The van der Waals surface area contributed by atoms with Crippen LogP contribution in [0, 0.1) is 5.82 Å². The van der Waals surface area contributed by atoms with Crippen molar-refractivity contribution in [2.75, 3.05) is 6.61 Å². The minimum atomic E-state index is -3.50. The molecule has 0 aliphatic heterocycles. The van der Waals surface area contributed by atoms with Crippen LogP contribution >= 0.6 is 0 Å². The van der Waals surface area contributed by atoms with E-state index in [1.165, 1.54) is 24.3 Å². The predicted molar refractivity (Wildman–Crippen MR) is 53.8 cm³/mol. The average molecular weight is 233 g/mol. The lowest BCUT2D eigenvalue weighted by molar-refractivity contribution is 0.105. The highest BCUT2D eigenvalue weighted by atomic mass is 32.2. The van der Waals surface area contributed by atoms with Gasteiger partial charge in [-0.15, -0.1) is 0 Å². The van der Waals surface area contributed by atoms with Crippen LogP contribution in [0.5, 0.6) is 0 Å². The molecule has 15 heavy (non-hydrogen) atoms. The van der Waals surface area contributed by atoms with Crippen molar-refractivity contribution in [3.8, 4) is 0 Å². The van der Waals surface area contributed by atoms with Crippen LogP contribution in [0.3, 0.4) is 0 Å². The van der Waals surface area contributed by atoms with Crippen LogP contribution in [0.1, 0.15) is 12.5 Å². The molecule has 0 saturated carbocycles. The molecule has 0 heterocycles. The van der Waals surface area contributed by atoms with Crippen LogP contribution in [0.25, 0.3) is 0 Å². The Balaban J connectivity index is 2.65. The second-order valence-corrected chi connectivity index (χ2v) is 4.59. The van der Waals surface area contributed by atoms with Gasteiger partial charge in [0.25, 0.3) is 0 Å². The Hall–Kier alpha value is -0.980. The van der Waals surface area contributed by atoms with E-state index in [4.69, 9.17) is 0 Å². The van der Waals surface area contributed by atoms with Gasteiger partial charge in [-0.1, -0.05) is 17.0 Å². The molecular formula is C9H12FNO3S. The highest BCUT2D eigenvalue weighted by Crippen LogP contribution is 2.06. The summed E-state index contributed by atoms with van der Waals surface area (Å²) in [6.45, 7) is 1.92. The SMILES string of the molecule is CCONS(=O)(=O)Cc1ccc(F)cc1. The average Bonchev–Trinajstić information content (AvgIpc) is 2.18. The third-order valence-corrected chi connectivity index (χ3v) is 2.69. The van der Waals surface area contributed by atoms with Gasteiger partial charge in [-0.3, -0.25) is 4.84 Å². The second-order valence-electron chi connectivity index (χ2n) is 2.90. The minimum absolute atomic E-state index is 0.229. The molecular weight excluding hydrogens is 221 g/mol. The first-order valence-electron chi connectivity index (χ1n) is 4.39. The number of hydrogen-bond donors (Lipinski definition) is 1. The Kier molecular flexibility index (Phi) is 4.19. The summed E-state index contributed by atoms with van der Waals surface area (Å²) in [5.41, 5.74) is 0.503. The normalized spacial score (nSPS) is 11.6. The van der Waals surface area contributed by atoms with Gasteiger partial charge in [-0.25, -0.2) is 12.8 Å². The maximum Gasteiger partial charge on any atom is 0.237 e. The molecule has 0 saturated heterocycles. The molecule has 0 radical (unpaired) electrons. The lowest BCUT2D eigenvalue weighted by atomic mass is 10.2. The Morgan fingerprint density at radius 2 is 1.93 bits per heavy atom. The van der Waals surface area contributed by atoms with Crippen molar-refractivity contribution in [1.82, 2.24) is 4.89 Å². The van der Waals surface area contributed by atoms with E-state index in [0.29, 0.717) is 5.56 Å². The molecule has 1 aromatic carbocycles. The standard InChI is InChI=1S/C9H12FNO3S/c1-2-14-11-15(12,13)7-8-3-5-9(10)6-4-8/h3-6,11H,2,7H2,1H3. The molecule has 0 spiro atoms. The van der Waals surface area contributed by atoms with Crippen LogP contribution in [0.4, 0.5) is 4.39 Å². The quantitative estimate of drug-likeness (QED) is 0.777. The van der Waals surface area contributed by atoms with E-state index >= 15 is 0 Å². The van der Waals surface area contributed by atoms with Crippen molar-refractivity contribution < 1.29 is 17.6 Å². The molecule has 6 heteroatoms. The highest BCUT2D eigenvalue weighted by Gasteiger charge is 2.10. The summed E-state index contributed by atoms with van der Waals surface area (Å²) in [7, 11) is -3.50. The Morgan fingerprint density at radius 3 is 2.47 bits per heavy atom. The van der Waals surface area contributed by atoms with Crippen molar-refractivity contribution in [2.45, 2.75) is 12.7 Å². The number of rotatable bonds is 5. The summed E-state index contributed by atoms with van der Waals surface area (Å²) in [5.74, 6) is -0.623.